The summed E-state index contributed by atoms with van der Waals surface area (Å²) >= 11 is 5.95. The van der Waals surface area contributed by atoms with E-state index in [1.165, 1.54) is 42.5 Å². The first-order valence-electron chi connectivity index (χ1n) is 8.66. The van der Waals surface area contributed by atoms with Crippen molar-refractivity contribution in [1.82, 2.24) is 10.4 Å². The van der Waals surface area contributed by atoms with Gasteiger partial charge in [-0.05, 0) is 48.1 Å². The molecule has 0 atom stereocenters. The van der Waals surface area contributed by atoms with E-state index in [1.807, 2.05) is 0 Å². The lowest BCUT2D eigenvalue weighted by Gasteiger charge is -2.15. The van der Waals surface area contributed by atoms with Crippen LogP contribution >= 0.6 is 24.0 Å². The number of ether oxygens (including phenoxy) is 1. The third kappa shape index (κ3) is 5.62. The van der Waals surface area contributed by atoms with Gasteiger partial charge in [0.2, 0.25) is 0 Å². The summed E-state index contributed by atoms with van der Waals surface area (Å²) in [4.78, 5) is 34.8. The molecule has 0 bridgehead atoms. The number of thiocarbonyl (C=S) groups is 1. The van der Waals surface area contributed by atoms with E-state index in [9.17, 15) is 32.9 Å². The standard InChI is InChI=1S/C19H12F3N3O5S2/c20-19(21,22)12-3-1-11(2-4-12)9-15-17(27)24(18(31)32-15)23-16(26)10-30-14-7-5-13(6-8-14)25(28)29/h1-9H,10H2,(H,23,26). The Morgan fingerprint density at radius 1 is 1.19 bits per heavy atom. The Hall–Kier alpha value is -3.45. The number of non-ortho nitro benzene ring substituents is 1. The molecular formula is C19H12F3N3O5S2. The van der Waals surface area contributed by atoms with Crippen molar-refractivity contribution in [3.8, 4) is 5.75 Å². The quantitative estimate of drug-likeness (QED) is 0.288. The molecule has 0 radical (unpaired) electrons. The van der Waals surface area contributed by atoms with Crippen LogP contribution in [-0.2, 0) is 15.8 Å². The van der Waals surface area contributed by atoms with Gasteiger partial charge in [-0.25, -0.2) is 0 Å². The molecule has 1 aliphatic heterocycles. The van der Waals surface area contributed by atoms with Crippen LogP contribution in [0.1, 0.15) is 11.1 Å². The van der Waals surface area contributed by atoms with E-state index in [2.05, 4.69) is 5.43 Å². The molecule has 2 aromatic rings. The van der Waals surface area contributed by atoms with Gasteiger partial charge in [0.1, 0.15) is 5.75 Å². The molecule has 0 aromatic heterocycles. The number of amides is 2. The van der Waals surface area contributed by atoms with Crippen LogP contribution in [-0.4, -0.2) is 32.7 Å². The van der Waals surface area contributed by atoms with Crippen molar-refractivity contribution in [3.05, 3.63) is 74.7 Å². The first-order chi connectivity index (χ1) is 15.0. The maximum atomic E-state index is 12.7. The van der Waals surface area contributed by atoms with Gasteiger partial charge >= 0.3 is 6.18 Å². The van der Waals surface area contributed by atoms with E-state index < -0.39 is 35.1 Å². The summed E-state index contributed by atoms with van der Waals surface area (Å²) in [5.74, 6) is -1.16. The number of benzene rings is 2. The Kier molecular flexibility index (Phi) is 6.79. The summed E-state index contributed by atoms with van der Waals surface area (Å²) in [6, 6.07) is 9.27. The number of nitro groups is 1. The summed E-state index contributed by atoms with van der Waals surface area (Å²) in [5, 5.41) is 11.5. The maximum absolute atomic E-state index is 12.7. The number of halogens is 3. The molecule has 32 heavy (non-hydrogen) atoms. The monoisotopic (exact) mass is 483 g/mol. The lowest BCUT2D eigenvalue weighted by molar-refractivity contribution is -0.384. The summed E-state index contributed by atoms with van der Waals surface area (Å²) in [6.07, 6.45) is -3.11. The first kappa shape index (κ1) is 23.2. The summed E-state index contributed by atoms with van der Waals surface area (Å²) < 4.78 is 43.2. The Morgan fingerprint density at radius 3 is 2.38 bits per heavy atom. The van der Waals surface area contributed by atoms with E-state index in [-0.39, 0.29) is 20.7 Å². The van der Waals surface area contributed by atoms with Gasteiger partial charge in [-0.2, -0.15) is 18.2 Å². The lowest BCUT2D eigenvalue weighted by atomic mass is 10.1. The molecule has 1 fully saturated rings. The minimum atomic E-state index is -4.47. The number of alkyl halides is 3. The number of hydrogen-bond acceptors (Lipinski definition) is 7. The fourth-order valence-electron chi connectivity index (χ4n) is 2.45. The van der Waals surface area contributed by atoms with Gasteiger partial charge in [0.15, 0.2) is 10.9 Å². The van der Waals surface area contributed by atoms with Gasteiger partial charge in [-0.15, -0.1) is 0 Å². The predicted octanol–water partition coefficient (Wildman–Crippen LogP) is 3.93. The van der Waals surface area contributed by atoms with Gasteiger partial charge < -0.3 is 4.74 Å². The van der Waals surface area contributed by atoms with Crippen LogP contribution in [0.5, 0.6) is 5.75 Å². The van der Waals surface area contributed by atoms with Crippen LogP contribution in [0, 0.1) is 10.1 Å². The molecule has 3 rings (SSSR count). The van der Waals surface area contributed by atoms with Crippen LogP contribution < -0.4 is 10.2 Å². The highest BCUT2D eigenvalue weighted by atomic mass is 32.2. The number of carbonyl (C=O) groups excluding carboxylic acids is 2. The van der Waals surface area contributed by atoms with E-state index in [4.69, 9.17) is 17.0 Å². The van der Waals surface area contributed by atoms with Gasteiger partial charge in [0, 0.05) is 12.1 Å². The molecular weight excluding hydrogens is 471 g/mol. The minimum absolute atomic E-state index is 0.0249. The number of thioether (sulfide) groups is 1. The second kappa shape index (κ2) is 9.36. The van der Waals surface area contributed by atoms with Gasteiger partial charge in [-0.3, -0.25) is 25.1 Å². The van der Waals surface area contributed by atoms with Crippen LogP contribution in [0.25, 0.3) is 6.08 Å². The maximum Gasteiger partial charge on any atom is 0.416 e. The van der Waals surface area contributed by atoms with Crippen molar-refractivity contribution in [2.24, 2.45) is 0 Å². The molecule has 0 spiro atoms. The SMILES string of the molecule is O=C(COc1ccc([N+](=O)[O-])cc1)NN1C(=O)C(=Cc2ccc(C(F)(F)F)cc2)SC1=S. The highest BCUT2D eigenvalue weighted by Crippen LogP contribution is 2.33. The fraction of sp³-hybridized carbons (Fsp3) is 0.105. The van der Waals surface area contributed by atoms with Gasteiger partial charge in [0.05, 0.1) is 15.4 Å². The molecule has 13 heteroatoms. The topological polar surface area (TPSA) is 102 Å². The molecule has 1 N–H and O–H groups in total. The molecule has 1 saturated heterocycles. The Bertz CT molecular complexity index is 1100. The van der Waals surface area contributed by atoms with E-state index >= 15 is 0 Å². The van der Waals surface area contributed by atoms with Crippen LogP contribution in [0.4, 0.5) is 18.9 Å². The number of nitrogens with one attached hydrogen (secondary N) is 1. The molecule has 2 aromatic carbocycles. The second-order valence-electron chi connectivity index (χ2n) is 6.21. The van der Waals surface area contributed by atoms with Crippen molar-refractivity contribution >= 4 is 51.9 Å². The van der Waals surface area contributed by atoms with Crippen molar-refractivity contribution in [2.45, 2.75) is 6.18 Å². The number of hydrazine groups is 1. The minimum Gasteiger partial charge on any atom is -0.484 e. The average Bonchev–Trinajstić information content (AvgIpc) is 2.99. The van der Waals surface area contributed by atoms with Gasteiger partial charge in [-0.1, -0.05) is 23.9 Å². The molecule has 2 amide bonds. The zero-order chi connectivity index (χ0) is 23.5. The smallest absolute Gasteiger partial charge is 0.416 e. The summed E-state index contributed by atoms with van der Waals surface area (Å²) in [5.41, 5.74) is 1.68. The van der Waals surface area contributed by atoms with Crippen molar-refractivity contribution < 1.29 is 32.4 Å². The van der Waals surface area contributed by atoms with Crippen molar-refractivity contribution in [2.75, 3.05) is 6.61 Å². The Labute approximate surface area is 188 Å². The molecule has 0 unspecified atom stereocenters. The number of rotatable bonds is 6. The molecule has 1 aliphatic rings. The van der Waals surface area contributed by atoms with Crippen LogP contribution in [0.3, 0.4) is 0 Å². The zero-order valence-corrected chi connectivity index (χ0v) is 17.4. The van der Waals surface area contributed by atoms with Crippen LogP contribution in [0.15, 0.2) is 53.4 Å². The van der Waals surface area contributed by atoms with Crippen molar-refractivity contribution in [1.29, 1.82) is 0 Å². The third-order valence-electron chi connectivity index (χ3n) is 3.98. The summed E-state index contributed by atoms with van der Waals surface area (Å²) in [7, 11) is 0. The molecule has 166 valence electrons. The molecule has 0 saturated carbocycles. The lowest BCUT2D eigenvalue weighted by Crippen LogP contribution is -2.46. The molecule has 0 aliphatic carbocycles. The molecule has 1 heterocycles. The fourth-order valence-corrected chi connectivity index (χ4v) is 3.63. The predicted molar refractivity (Wildman–Crippen MR) is 113 cm³/mol. The number of nitrogens with zero attached hydrogens (tertiary/aromatic N) is 2. The second-order valence-corrected chi connectivity index (χ2v) is 7.89. The van der Waals surface area contributed by atoms with Crippen LogP contribution in [0.2, 0.25) is 0 Å². The Balaban J connectivity index is 1.60. The Morgan fingerprint density at radius 2 is 1.81 bits per heavy atom. The van der Waals surface area contributed by atoms with E-state index in [0.717, 1.165) is 28.9 Å². The molecule has 8 nitrogen and oxygen atoms in total. The number of nitro benzene ring substituents is 1. The van der Waals surface area contributed by atoms with E-state index in [1.54, 1.807) is 0 Å². The normalized spacial score (nSPS) is 15.2. The largest absolute Gasteiger partial charge is 0.484 e. The number of hydrogen-bond donors (Lipinski definition) is 1. The third-order valence-corrected chi connectivity index (χ3v) is 5.29. The zero-order valence-electron chi connectivity index (χ0n) is 15.8. The highest BCUT2D eigenvalue weighted by Gasteiger charge is 2.34. The van der Waals surface area contributed by atoms with Gasteiger partial charge in [0.25, 0.3) is 17.5 Å². The van der Waals surface area contributed by atoms with E-state index in [0.29, 0.717) is 5.56 Å². The average molecular weight is 483 g/mol. The highest BCUT2D eigenvalue weighted by molar-refractivity contribution is 8.26. The number of carbonyl (C=O) groups is 2. The summed E-state index contributed by atoms with van der Waals surface area (Å²) in [6.45, 7) is -0.493. The first-order valence-corrected chi connectivity index (χ1v) is 9.89. The van der Waals surface area contributed by atoms with Crippen molar-refractivity contribution in [3.63, 3.8) is 0 Å².